The smallest absolute Gasteiger partial charge is 0.227 e. The minimum Gasteiger partial charge on any atom is -0.393 e. The molecule has 0 aliphatic rings. The molecular weight excluding hydrogens is 182 g/mol. The van der Waals surface area contributed by atoms with Gasteiger partial charge in [0.2, 0.25) is 5.89 Å². The number of aliphatic hydroxyl groups is 1. The zero-order valence-electron chi connectivity index (χ0n) is 8.90. The molecule has 80 valence electrons. The second-order valence-electron chi connectivity index (χ2n) is 3.71. The lowest BCUT2D eigenvalue weighted by atomic mass is 10.3. The van der Waals surface area contributed by atoms with E-state index in [0.29, 0.717) is 18.1 Å². The van der Waals surface area contributed by atoms with Gasteiger partial charge in [-0.05, 0) is 21.0 Å². The summed E-state index contributed by atoms with van der Waals surface area (Å²) < 4.78 is 5.02. The van der Waals surface area contributed by atoms with Gasteiger partial charge in [0.1, 0.15) is 0 Å². The van der Waals surface area contributed by atoms with Crippen LogP contribution in [-0.2, 0) is 12.8 Å². The van der Waals surface area contributed by atoms with Crippen molar-refractivity contribution in [3.63, 3.8) is 0 Å². The molecule has 1 rings (SSSR count). The summed E-state index contributed by atoms with van der Waals surface area (Å²) in [7, 11) is 3.99. The Morgan fingerprint density at radius 3 is 2.79 bits per heavy atom. The van der Waals surface area contributed by atoms with Crippen LogP contribution in [0.4, 0.5) is 0 Å². The van der Waals surface area contributed by atoms with E-state index in [1.165, 1.54) is 0 Å². The number of nitrogens with zero attached hydrogens (tertiary/aromatic N) is 3. The van der Waals surface area contributed by atoms with E-state index in [2.05, 4.69) is 15.0 Å². The molecule has 1 aromatic rings. The predicted molar refractivity (Wildman–Crippen MR) is 51.9 cm³/mol. The molecule has 1 heterocycles. The summed E-state index contributed by atoms with van der Waals surface area (Å²) in [5.74, 6) is 1.21. The first kappa shape index (κ1) is 11.1. The molecule has 0 amide bonds. The average Bonchev–Trinajstić information content (AvgIpc) is 2.47. The van der Waals surface area contributed by atoms with Crippen LogP contribution in [0.15, 0.2) is 4.52 Å². The van der Waals surface area contributed by atoms with Gasteiger partial charge < -0.3 is 14.5 Å². The van der Waals surface area contributed by atoms with Gasteiger partial charge in [0.25, 0.3) is 0 Å². The van der Waals surface area contributed by atoms with Crippen molar-refractivity contribution in [3.8, 4) is 0 Å². The molecule has 0 radical (unpaired) electrons. The Labute approximate surface area is 83.7 Å². The largest absolute Gasteiger partial charge is 0.393 e. The summed E-state index contributed by atoms with van der Waals surface area (Å²) in [6.45, 7) is 2.59. The van der Waals surface area contributed by atoms with Crippen LogP contribution >= 0.6 is 0 Å². The maximum atomic E-state index is 9.10. The van der Waals surface area contributed by atoms with Crippen LogP contribution in [0, 0.1) is 0 Å². The highest BCUT2D eigenvalue weighted by Crippen LogP contribution is 2.01. The van der Waals surface area contributed by atoms with Crippen LogP contribution in [0.3, 0.4) is 0 Å². The van der Waals surface area contributed by atoms with Crippen molar-refractivity contribution in [3.05, 3.63) is 11.7 Å². The van der Waals surface area contributed by atoms with Gasteiger partial charge in [-0.3, -0.25) is 0 Å². The fourth-order valence-electron chi connectivity index (χ4n) is 1.06. The molecule has 0 aromatic carbocycles. The summed E-state index contributed by atoms with van der Waals surface area (Å²) >= 11 is 0. The first-order valence-electron chi connectivity index (χ1n) is 4.72. The van der Waals surface area contributed by atoms with E-state index in [4.69, 9.17) is 9.63 Å². The highest BCUT2D eigenvalue weighted by Gasteiger charge is 2.08. The van der Waals surface area contributed by atoms with Crippen molar-refractivity contribution in [1.29, 1.82) is 0 Å². The van der Waals surface area contributed by atoms with Crippen LogP contribution < -0.4 is 0 Å². The molecule has 0 spiro atoms. The minimum atomic E-state index is -0.422. The van der Waals surface area contributed by atoms with Gasteiger partial charge in [-0.1, -0.05) is 5.16 Å². The van der Waals surface area contributed by atoms with Crippen LogP contribution in [0.25, 0.3) is 0 Å². The fraction of sp³-hybridized carbons (Fsp3) is 0.778. The molecule has 0 bridgehead atoms. The Morgan fingerprint density at radius 1 is 1.50 bits per heavy atom. The maximum absolute atomic E-state index is 9.10. The predicted octanol–water partition coefficient (Wildman–Crippen LogP) is 0.0970. The lowest BCUT2D eigenvalue weighted by molar-refractivity contribution is 0.191. The zero-order chi connectivity index (χ0) is 10.6. The van der Waals surface area contributed by atoms with Crippen molar-refractivity contribution in [1.82, 2.24) is 15.0 Å². The first-order chi connectivity index (χ1) is 6.58. The van der Waals surface area contributed by atoms with E-state index < -0.39 is 6.10 Å². The summed E-state index contributed by atoms with van der Waals surface area (Å²) in [5.41, 5.74) is 0. The van der Waals surface area contributed by atoms with Crippen LogP contribution in [0.2, 0.25) is 0 Å². The van der Waals surface area contributed by atoms with Gasteiger partial charge in [0.05, 0.1) is 6.10 Å². The van der Waals surface area contributed by atoms with E-state index in [-0.39, 0.29) is 0 Å². The summed E-state index contributed by atoms with van der Waals surface area (Å²) in [6.07, 6.45) is 0.778. The lowest BCUT2D eigenvalue weighted by Crippen LogP contribution is -2.15. The van der Waals surface area contributed by atoms with E-state index in [1.807, 2.05) is 14.1 Å². The third-order valence-electron chi connectivity index (χ3n) is 1.76. The summed E-state index contributed by atoms with van der Waals surface area (Å²) in [4.78, 5) is 6.21. The van der Waals surface area contributed by atoms with Crippen LogP contribution in [0.5, 0.6) is 0 Å². The van der Waals surface area contributed by atoms with Gasteiger partial charge in [-0.15, -0.1) is 0 Å². The molecule has 0 saturated heterocycles. The molecule has 14 heavy (non-hydrogen) atoms. The number of aliphatic hydroxyl groups excluding tert-OH is 1. The molecule has 0 fully saturated rings. The quantitative estimate of drug-likeness (QED) is 0.728. The van der Waals surface area contributed by atoms with E-state index in [0.717, 1.165) is 13.0 Å². The SMILES string of the molecule is CC(O)Cc1noc(CCN(C)C)n1. The molecular formula is C9H17N3O2. The Kier molecular flexibility index (Phi) is 4.03. The van der Waals surface area contributed by atoms with E-state index in [9.17, 15) is 0 Å². The number of hydrogen-bond acceptors (Lipinski definition) is 5. The van der Waals surface area contributed by atoms with Crippen LogP contribution in [-0.4, -0.2) is 46.9 Å². The number of hydrogen-bond donors (Lipinski definition) is 1. The summed E-state index contributed by atoms with van der Waals surface area (Å²) in [6, 6.07) is 0. The van der Waals surface area contributed by atoms with Crippen molar-refractivity contribution >= 4 is 0 Å². The molecule has 5 nitrogen and oxygen atoms in total. The maximum Gasteiger partial charge on any atom is 0.227 e. The monoisotopic (exact) mass is 199 g/mol. The summed E-state index contributed by atoms with van der Waals surface area (Å²) in [5, 5.41) is 12.9. The number of rotatable bonds is 5. The second-order valence-corrected chi connectivity index (χ2v) is 3.71. The Morgan fingerprint density at radius 2 is 2.21 bits per heavy atom. The molecule has 0 saturated carbocycles. The van der Waals surface area contributed by atoms with E-state index in [1.54, 1.807) is 6.92 Å². The number of likely N-dealkylation sites (N-methyl/N-ethyl adjacent to an activating group) is 1. The Bertz CT molecular complexity index is 271. The van der Waals surface area contributed by atoms with Gasteiger partial charge in [0.15, 0.2) is 5.82 Å². The first-order valence-corrected chi connectivity index (χ1v) is 4.72. The van der Waals surface area contributed by atoms with Gasteiger partial charge >= 0.3 is 0 Å². The highest BCUT2D eigenvalue weighted by atomic mass is 16.5. The standard InChI is InChI=1S/C9H17N3O2/c1-7(13)6-8-10-9(14-11-8)4-5-12(2)3/h7,13H,4-6H2,1-3H3. The third kappa shape index (κ3) is 3.85. The van der Waals surface area contributed by atoms with Gasteiger partial charge in [-0.2, -0.15) is 4.98 Å². The molecule has 1 aromatic heterocycles. The van der Waals surface area contributed by atoms with Crippen molar-refractivity contribution in [2.45, 2.75) is 25.9 Å². The van der Waals surface area contributed by atoms with E-state index >= 15 is 0 Å². The topological polar surface area (TPSA) is 62.4 Å². The normalized spacial score (nSPS) is 13.5. The molecule has 1 N–H and O–H groups in total. The van der Waals surface area contributed by atoms with Crippen LogP contribution in [0.1, 0.15) is 18.6 Å². The molecule has 0 aliphatic carbocycles. The van der Waals surface area contributed by atoms with Gasteiger partial charge in [-0.25, -0.2) is 0 Å². The third-order valence-corrected chi connectivity index (χ3v) is 1.76. The molecule has 5 heteroatoms. The second kappa shape index (κ2) is 5.07. The zero-order valence-corrected chi connectivity index (χ0v) is 8.90. The Hall–Kier alpha value is -0.940. The number of aromatic nitrogens is 2. The molecule has 1 atom stereocenters. The van der Waals surface area contributed by atoms with Crippen molar-refractivity contribution in [2.24, 2.45) is 0 Å². The van der Waals surface area contributed by atoms with Crippen molar-refractivity contribution in [2.75, 3.05) is 20.6 Å². The molecule has 1 unspecified atom stereocenters. The fourth-order valence-corrected chi connectivity index (χ4v) is 1.06. The average molecular weight is 199 g/mol. The Balaban J connectivity index is 2.42. The lowest BCUT2D eigenvalue weighted by Gasteiger charge is -2.05. The minimum absolute atomic E-state index is 0.422. The van der Waals surface area contributed by atoms with Crippen molar-refractivity contribution < 1.29 is 9.63 Å². The van der Waals surface area contributed by atoms with Gasteiger partial charge in [0, 0.05) is 19.4 Å². The highest BCUT2D eigenvalue weighted by molar-refractivity contribution is 4.88. The molecule has 0 aliphatic heterocycles.